The summed E-state index contributed by atoms with van der Waals surface area (Å²) >= 11 is 0. The number of esters is 1. The molecule has 0 spiro atoms. The molecule has 0 aliphatic heterocycles. The number of carbonyl (C=O) groups is 1. The molecule has 1 heterocycles. The number of nitrogens with zero attached hydrogens (tertiary/aromatic N) is 1. The van der Waals surface area contributed by atoms with Crippen molar-refractivity contribution in [3.05, 3.63) is 109 Å². The molecule has 0 atom stereocenters. The van der Waals surface area contributed by atoms with Crippen LogP contribution in [-0.4, -0.2) is 18.1 Å². The summed E-state index contributed by atoms with van der Waals surface area (Å²) in [5.41, 5.74) is 0.190. The van der Waals surface area contributed by atoms with Gasteiger partial charge < -0.3 is 21.6 Å². The fourth-order valence-corrected chi connectivity index (χ4v) is 7.59. The van der Waals surface area contributed by atoms with Crippen LogP contribution in [0.2, 0.25) is 0 Å². The molecule has 0 saturated heterocycles. The molecule has 0 amide bonds. The van der Waals surface area contributed by atoms with Gasteiger partial charge >= 0.3 is 5.97 Å². The highest BCUT2D eigenvalue weighted by Crippen LogP contribution is 2.57. The zero-order valence-corrected chi connectivity index (χ0v) is 18.1. The van der Waals surface area contributed by atoms with Gasteiger partial charge in [-0.25, -0.2) is 9.78 Å². The third kappa shape index (κ3) is 4.16. The minimum atomic E-state index is -2.11. The molecule has 3 aromatic carbocycles. The van der Waals surface area contributed by atoms with E-state index in [9.17, 15) is 4.79 Å². The fraction of sp³-hybridized carbons (Fsp3) is 0.0833. The van der Waals surface area contributed by atoms with Crippen LogP contribution in [0.5, 0.6) is 0 Å². The normalized spacial score (nSPS) is 10.8. The Morgan fingerprint density at radius 2 is 1.27 bits per heavy atom. The second-order valence-electron chi connectivity index (χ2n) is 6.59. The van der Waals surface area contributed by atoms with E-state index in [1.54, 1.807) is 0 Å². The molecule has 0 unspecified atom stereocenters. The van der Waals surface area contributed by atoms with Crippen molar-refractivity contribution < 1.29 is 26.4 Å². The van der Waals surface area contributed by atoms with E-state index in [4.69, 9.17) is 9.15 Å². The van der Waals surface area contributed by atoms with Crippen LogP contribution in [0.4, 0.5) is 0 Å². The Morgan fingerprint density at radius 3 is 1.67 bits per heavy atom. The molecule has 0 fully saturated rings. The lowest BCUT2D eigenvalue weighted by atomic mass is 10.4. The van der Waals surface area contributed by atoms with Gasteiger partial charge in [0.2, 0.25) is 5.89 Å². The van der Waals surface area contributed by atoms with E-state index < -0.39 is 13.2 Å². The topological polar surface area (TPSA) is 52.3 Å². The maximum Gasteiger partial charge on any atom is 0.360 e. The Hall–Kier alpha value is -2.94. The summed E-state index contributed by atoms with van der Waals surface area (Å²) in [5, 5.41) is 3.70. The number of rotatable bonds is 6. The summed E-state index contributed by atoms with van der Waals surface area (Å²) in [6, 6.07) is 31.4. The predicted octanol–water partition coefficient (Wildman–Crippen LogP) is 0.959. The molecule has 1 aromatic heterocycles. The van der Waals surface area contributed by atoms with Crippen LogP contribution >= 0.6 is 7.26 Å². The van der Waals surface area contributed by atoms with E-state index in [0.717, 1.165) is 0 Å². The molecule has 4 nitrogen and oxygen atoms in total. The molecule has 4 rings (SSSR count). The average molecular weight is 438 g/mol. The van der Waals surface area contributed by atoms with Crippen molar-refractivity contribution in [2.24, 2.45) is 0 Å². The lowest BCUT2D eigenvalue weighted by molar-refractivity contribution is -0.0000210. The van der Waals surface area contributed by atoms with Crippen molar-refractivity contribution in [2.45, 2.75) is 6.16 Å². The Bertz CT molecular complexity index is 989. The van der Waals surface area contributed by atoms with Gasteiger partial charge in [-0.2, -0.15) is 0 Å². The zero-order chi connectivity index (χ0) is 20.1. The highest BCUT2D eigenvalue weighted by Gasteiger charge is 2.47. The molecule has 0 saturated carbocycles. The van der Waals surface area contributed by atoms with Crippen LogP contribution in [-0.2, 0) is 10.9 Å². The number of ether oxygens (including phenoxy) is 1. The maximum atomic E-state index is 11.9. The molecule has 0 radical (unpaired) electrons. The van der Waals surface area contributed by atoms with E-state index >= 15 is 0 Å². The Balaban J connectivity index is 0.00000256. The quantitative estimate of drug-likeness (QED) is 0.333. The second kappa shape index (κ2) is 9.71. The van der Waals surface area contributed by atoms with Gasteiger partial charge in [0.15, 0.2) is 5.69 Å². The molecule has 0 aliphatic carbocycles. The van der Waals surface area contributed by atoms with Gasteiger partial charge in [-0.1, -0.05) is 54.6 Å². The van der Waals surface area contributed by atoms with E-state index in [2.05, 4.69) is 77.8 Å². The van der Waals surface area contributed by atoms with Crippen LogP contribution < -0.4 is 28.3 Å². The summed E-state index contributed by atoms with van der Waals surface area (Å²) in [5.74, 6) is 0.0263. The molecule has 30 heavy (non-hydrogen) atoms. The summed E-state index contributed by atoms with van der Waals surface area (Å²) < 4.78 is 10.5. The van der Waals surface area contributed by atoms with Crippen LogP contribution in [0.1, 0.15) is 16.4 Å². The number of oxazole rings is 1. The van der Waals surface area contributed by atoms with E-state index in [-0.39, 0.29) is 18.1 Å². The van der Waals surface area contributed by atoms with Gasteiger partial charge in [-0.05, 0) is 36.4 Å². The first-order valence-electron chi connectivity index (χ1n) is 9.31. The molecule has 0 N–H and O–H groups in total. The number of carbonyl (C=O) groups excluding carboxylic acids is 1. The molecule has 4 aromatic rings. The van der Waals surface area contributed by atoms with Crippen LogP contribution in [0.15, 0.2) is 102 Å². The average Bonchev–Trinajstić information content (AvgIpc) is 3.27. The number of hydrogen-bond acceptors (Lipinski definition) is 4. The standard InChI is InChI=1S/C24H21NO3P.ClH/c1-27-24(26)22-17-28-23(25-22)18-29(19-11-5-2-6-12-19,20-13-7-3-8-14-20)21-15-9-4-10-16-21;/h2-17H,18H2,1H3;1H/q+1;/p-1. The fourth-order valence-electron chi connectivity index (χ4n) is 3.55. The van der Waals surface area contributed by atoms with Gasteiger partial charge in [0.1, 0.15) is 35.6 Å². The van der Waals surface area contributed by atoms with Gasteiger partial charge in [0.25, 0.3) is 0 Å². The smallest absolute Gasteiger partial charge is 0.360 e. The minimum Gasteiger partial charge on any atom is -1.00 e. The van der Waals surface area contributed by atoms with Crippen molar-refractivity contribution in [2.75, 3.05) is 7.11 Å². The highest BCUT2D eigenvalue weighted by atomic mass is 35.5. The third-order valence-electron chi connectivity index (χ3n) is 4.91. The minimum absolute atomic E-state index is 0. The van der Waals surface area contributed by atoms with Crippen LogP contribution in [0.3, 0.4) is 0 Å². The molecule has 0 bridgehead atoms. The molecular weight excluding hydrogens is 417 g/mol. The summed E-state index contributed by atoms with van der Waals surface area (Å²) in [6.07, 6.45) is 1.94. The monoisotopic (exact) mass is 437 g/mol. The first kappa shape index (κ1) is 21.8. The van der Waals surface area contributed by atoms with Crippen molar-refractivity contribution in [1.29, 1.82) is 0 Å². The van der Waals surface area contributed by atoms with Crippen molar-refractivity contribution in [1.82, 2.24) is 4.98 Å². The molecule has 152 valence electrons. The predicted molar refractivity (Wildman–Crippen MR) is 117 cm³/mol. The zero-order valence-electron chi connectivity index (χ0n) is 16.4. The largest absolute Gasteiger partial charge is 1.00 e. The van der Waals surface area contributed by atoms with Gasteiger partial charge in [-0.3, -0.25) is 0 Å². The Labute approximate surface area is 182 Å². The second-order valence-corrected chi connectivity index (χ2v) is 10.1. The number of halogens is 1. The third-order valence-corrected chi connectivity index (χ3v) is 9.19. The van der Waals surface area contributed by atoms with Crippen molar-refractivity contribution in [3.63, 3.8) is 0 Å². The number of hydrogen-bond donors (Lipinski definition) is 0. The number of methoxy groups -OCH3 is 1. The first-order valence-corrected chi connectivity index (χ1v) is 11.3. The summed E-state index contributed by atoms with van der Waals surface area (Å²) in [4.78, 5) is 16.3. The lowest BCUT2D eigenvalue weighted by Gasteiger charge is -2.26. The first-order chi connectivity index (χ1) is 14.2. The Morgan fingerprint density at radius 1 is 0.833 bits per heavy atom. The maximum absolute atomic E-state index is 11.9. The van der Waals surface area contributed by atoms with E-state index in [0.29, 0.717) is 12.1 Å². The highest BCUT2D eigenvalue weighted by molar-refractivity contribution is 7.95. The molecule has 6 heteroatoms. The summed E-state index contributed by atoms with van der Waals surface area (Å²) in [7, 11) is -0.770. The van der Waals surface area contributed by atoms with Crippen molar-refractivity contribution in [3.8, 4) is 0 Å². The Kier molecular flexibility index (Phi) is 7.04. The SMILES string of the molecule is COC(=O)c1coc(C[P+](c2ccccc2)(c2ccccc2)c2ccccc2)n1.[Cl-]. The van der Waals surface area contributed by atoms with Gasteiger partial charge in [-0.15, -0.1) is 0 Å². The van der Waals surface area contributed by atoms with Crippen LogP contribution in [0, 0.1) is 0 Å². The lowest BCUT2D eigenvalue weighted by Crippen LogP contribution is -3.00. The van der Waals surface area contributed by atoms with Gasteiger partial charge in [0.05, 0.1) is 7.11 Å². The van der Waals surface area contributed by atoms with Crippen LogP contribution in [0.25, 0.3) is 0 Å². The summed E-state index contributed by atoms with van der Waals surface area (Å²) in [6.45, 7) is 0. The molecule has 0 aliphatic rings. The molecular formula is C24H21ClNO3P. The number of benzene rings is 3. The van der Waals surface area contributed by atoms with E-state index in [1.165, 1.54) is 29.3 Å². The van der Waals surface area contributed by atoms with Gasteiger partial charge in [0, 0.05) is 0 Å². The van der Waals surface area contributed by atoms with Crippen molar-refractivity contribution >= 4 is 29.1 Å². The number of aromatic nitrogens is 1. The van der Waals surface area contributed by atoms with E-state index in [1.807, 2.05) is 18.2 Å².